The fourth-order valence-electron chi connectivity index (χ4n) is 1.99. The van der Waals surface area contributed by atoms with Gasteiger partial charge in [0.15, 0.2) is 0 Å². The normalized spacial score (nSPS) is 21.7. The summed E-state index contributed by atoms with van der Waals surface area (Å²) in [6, 6.07) is 7.32. The molecule has 1 heterocycles. The lowest BCUT2D eigenvalue weighted by molar-refractivity contribution is 0.447. The van der Waals surface area contributed by atoms with E-state index in [2.05, 4.69) is 17.1 Å². The predicted octanol–water partition coefficient (Wildman–Crippen LogP) is 2.01. The number of hydrogen-bond donors (Lipinski definition) is 1. The monoisotopic (exact) mass is 208 g/mol. The zero-order chi connectivity index (χ0) is 10.7. The fraction of sp³-hybridized carbons (Fsp3) is 0.500. The van der Waals surface area contributed by atoms with Gasteiger partial charge in [-0.3, -0.25) is 0 Å². The minimum atomic E-state index is -0.166. The van der Waals surface area contributed by atoms with Crippen LogP contribution in [0.4, 0.5) is 10.1 Å². The maximum atomic E-state index is 12.8. The molecular weight excluding hydrogens is 191 g/mol. The molecule has 1 aliphatic rings. The number of benzene rings is 1. The molecule has 1 aliphatic heterocycles. The van der Waals surface area contributed by atoms with Gasteiger partial charge in [-0.1, -0.05) is 6.92 Å². The Balaban J connectivity index is 2.06. The van der Waals surface area contributed by atoms with Gasteiger partial charge in [-0.2, -0.15) is 0 Å². The van der Waals surface area contributed by atoms with Crippen LogP contribution in [0.15, 0.2) is 24.3 Å². The average Bonchev–Trinajstić information content (AvgIpc) is 2.30. The van der Waals surface area contributed by atoms with Gasteiger partial charge in [0, 0.05) is 31.4 Å². The van der Waals surface area contributed by atoms with Crippen LogP contribution in [-0.2, 0) is 0 Å². The van der Waals surface area contributed by atoms with Crippen molar-refractivity contribution in [2.24, 2.45) is 0 Å². The number of halogens is 1. The summed E-state index contributed by atoms with van der Waals surface area (Å²) in [6.07, 6.45) is 1.14. The highest BCUT2D eigenvalue weighted by Gasteiger charge is 2.17. The predicted molar refractivity (Wildman–Crippen MR) is 60.7 cm³/mol. The van der Waals surface area contributed by atoms with Crippen LogP contribution >= 0.6 is 0 Å². The zero-order valence-corrected chi connectivity index (χ0v) is 9.04. The highest BCUT2D eigenvalue weighted by atomic mass is 19.1. The molecule has 1 N–H and O–H groups in total. The molecule has 1 aromatic rings. The van der Waals surface area contributed by atoms with Crippen LogP contribution in [0, 0.1) is 5.82 Å². The Morgan fingerprint density at radius 2 is 2.13 bits per heavy atom. The first kappa shape index (κ1) is 10.4. The molecule has 0 amide bonds. The highest BCUT2D eigenvalue weighted by molar-refractivity contribution is 5.46. The standard InChI is InChI=1S/C12H17FN2/c1-2-11-9-15(8-7-14-11)12-5-3-10(13)4-6-12/h3-6,11,14H,2,7-9H2,1H3. The van der Waals surface area contributed by atoms with Crippen LogP contribution in [0.25, 0.3) is 0 Å². The van der Waals surface area contributed by atoms with Crippen LogP contribution < -0.4 is 10.2 Å². The number of nitrogens with zero attached hydrogens (tertiary/aromatic N) is 1. The average molecular weight is 208 g/mol. The van der Waals surface area contributed by atoms with Crippen LogP contribution in [0.5, 0.6) is 0 Å². The molecule has 2 rings (SSSR count). The molecule has 0 spiro atoms. The van der Waals surface area contributed by atoms with E-state index in [9.17, 15) is 4.39 Å². The van der Waals surface area contributed by atoms with E-state index in [0.29, 0.717) is 6.04 Å². The molecule has 15 heavy (non-hydrogen) atoms. The molecule has 1 saturated heterocycles. The Bertz CT molecular complexity index is 310. The summed E-state index contributed by atoms with van der Waals surface area (Å²) in [5, 5.41) is 3.46. The third-order valence-electron chi connectivity index (χ3n) is 2.94. The Morgan fingerprint density at radius 3 is 2.80 bits per heavy atom. The van der Waals surface area contributed by atoms with Crippen molar-refractivity contribution in [2.45, 2.75) is 19.4 Å². The number of piperazine rings is 1. The van der Waals surface area contributed by atoms with Gasteiger partial charge in [0.1, 0.15) is 5.82 Å². The Hall–Kier alpha value is -1.09. The maximum Gasteiger partial charge on any atom is 0.123 e. The van der Waals surface area contributed by atoms with E-state index in [1.807, 2.05) is 12.1 Å². The van der Waals surface area contributed by atoms with Crippen molar-refractivity contribution in [1.82, 2.24) is 5.32 Å². The SMILES string of the molecule is CCC1CN(c2ccc(F)cc2)CCN1. The van der Waals surface area contributed by atoms with Gasteiger partial charge in [-0.15, -0.1) is 0 Å². The van der Waals surface area contributed by atoms with Gasteiger partial charge in [0.25, 0.3) is 0 Å². The van der Waals surface area contributed by atoms with E-state index < -0.39 is 0 Å². The molecule has 0 aromatic heterocycles. The highest BCUT2D eigenvalue weighted by Crippen LogP contribution is 2.16. The van der Waals surface area contributed by atoms with Gasteiger partial charge < -0.3 is 10.2 Å². The van der Waals surface area contributed by atoms with Gasteiger partial charge in [0.2, 0.25) is 0 Å². The van der Waals surface area contributed by atoms with Crippen LogP contribution in [0.2, 0.25) is 0 Å². The molecule has 82 valence electrons. The largest absolute Gasteiger partial charge is 0.369 e. The summed E-state index contributed by atoms with van der Waals surface area (Å²) in [6.45, 7) is 5.21. The van der Waals surface area contributed by atoms with Crippen LogP contribution in [0.1, 0.15) is 13.3 Å². The minimum Gasteiger partial charge on any atom is -0.369 e. The van der Waals surface area contributed by atoms with Gasteiger partial charge in [-0.25, -0.2) is 4.39 Å². The Kier molecular flexibility index (Phi) is 3.21. The summed E-state index contributed by atoms with van der Waals surface area (Å²) in [5.74, 6) is -0.166. The van der Waals surface area contributed by atoms with Crippen molar-refractivity contribution in [3.63, 3.8) is 0 Å². The Morgan fingerprint density at radius 1 is 1.40 bits per heavy atom. The first-order valence-corrected chi connectivity index (χ1v) is 5.53. The van der Waals surface area contributed by atoms with Crippen molar-refractivity contribution >= 4 is 5.69 Å². The molecule has 0 radical (unpaired) electrons. The van der Waals surface area contributed by atoms with Gasteiger partial charge in [0.05, 0.1) is 0 Å². The third kappa shape index (κ3) is 2.48. The van der Waals surface area contributed by atoms with Gasteiger partial charge >= 0.3 is 0 Å². The molecule has 1 fully saturated rings. The molecular formula is C12H17FN2. The summed E-state index contributed by atoms with van der Waals surface area (Å²) in [7, 11) is 0. The van der Waals surface area contributed by atoms with Crippen molar-refractivity contribution in [3.8, 4) is 0 Å². The smallest absolute Gasteiger partial charge is 0.123 e. The lowest BCUT2D eigenvalue weighted by Crippen LogP contribution is -2.50. The van der Waals surface area contributed by atoms with E-state index in [-0.39, 0.29) is 5.82 Å². The molecule has 0 aliphatic carbocycles. The lowest BCUT2D eigenvalue weighted by atomic mass is 10.1. The molecule has 1 aromatic carbocycles. The minimum absolute atomic E-state index is 0.166. The third-order valence-corrected chi connectivity index (χ3v) is 2.94. The second-order valence-corrected chi connectivity index (χ2v) is 3.98. The lowest BCUT2D eigenvalue weighted by Gasteiger charge is -2.34. The molecule has 0 bridgehead atoms. The van der Waals surface area contributed by atoms with Crippen LogP contribution in [-0.4, -0.2) is 25.7 Å². The molecule has 1 atom stereocenters. The van der Waals surface area contributed by atoms with E-state index >= 15 is 0 Å². The summed E-state index contributed by atoms with van der Waals surface area (Å²) in [4.78, 5) is 2.31. The number of nitrogens with one attached hydrogen (secondary N) is 1. The molecule has 1 unspecified atom stereocenters. The molecule has 0 saturated carbocycles. The first-order chi connectivity index (χ1) is 7.29. The topological polar surface area (TPSA) is 15.3 Å². The summed E-state index contributed by atoms with van der Waals surface area (Å²) >= 11 is 0. The molecule has 3 heteroatoms. The molecule has 2 nitrogen and oxygen atoms in total. The fourth-order valence-corrected chi connectivity index (χ4v) is 1.99. The summed E-state index contributed by atoms with van der Waals surface area (Å²) < 4.78 is 12.8. The number of anilines is 1. The summed E-state index contributed by atoms with van der Waals surface area (Å²) in [5.41, 5.74) is 1.12. The first-order valence-electron chi connectivity index (χ1n) is 5.53. The van der Waals surface area contributed by atoms with E-state index in [0.717, 1.165) is 31.7 Å². The second-order valence-electron chi connectivity index (χ2n) is 3.98. The van der Waals surface area contributed by atoms with Crippen molar-refractivity contribution < 1.29 is 4.39 Å². The van der Waals surface area contributed by atoms with Crippen LogP contribution in [0.3, 0.4) is 0 Å². The van der Waals surface area contributed by atoms with Crippen molar-refractivity contribution in [2.75, 3.05) is 24.5 Å². The van der Waals surface area contributed by atoms with Crippen molar-refractivity contribution in [1.29, 1.82) is 0 Å². The second kappa shape index (κ2) is 4.62. The zero-order valence-electron chi connectivity index (χ0n) is 9.04. The van der Waals surface area contributed by atoms with E-state index in [1.54, 1.807) is 0 Å². The number of rotatable bonds is 2. The maximum absolute atomic E-state index is 12.8. The van der Waals surface area contributed by atoms with Gasteiger partial charge in [-0.05, 0) is 30.7 Å². The van der Waals surface area contributed by atoms with Crippen molar-refractivity contribution in [3.05, 3.63) is 30.1 Å². The quantitative estimate of drug-likeness (QED) is 0.800. The number of hydrogen-bond acceptors (Lipinski definition) is 2. The van der Waals surface area contributed by atoms with E-state index in [4.69, 9.17) is 0 Å². The van der Waals surface area contributed by atoms with E-state index in [1.165, 1.54) is 12.1 Å². The Labute approximate surface area is 90.1 Å².